The Balaban J connectivity index is 1.58. The number of aromatic nitrogens is 2. The minimum Gasteiger partial charge on any atom is -0.369 e. The lowest BCUT2D eigenvalue weighted by Crippen LogP contribution is -2.24. The molecule has 0 saturated heterocycles. The van der Waals surface area contributed by atoms with Crippen LogP contribution >= 0.6 is 0 Å². The minimum atomic E-state index is -0.904. The number of fused-ring (bicyclic) bond motifs is 3. The normalized spacial score (nSPS) is 17.8. The maximum Gasteiger partial charge on any atom is 0.220 e. The molecule has 3 rings (SSSR count). The number of hydrogen-bond acceptors (Lipinski definition) is 2. The van der Waals surface area contributed by atoms with Crippen molar-refractivity contribution in [2.45, 2.75) is 57.7 Å². The number of hydrogen-bond donors (Lipinski definition) is 1. The number of alkyl halides is 1. The second-order valence-corrected chi connectivity index (χ2v) is 6.93. The quantitative estimate of drug-likeness (QED) is 0.740. The summed E-state index contributed by atoms with van der Waals surface area (Å²) < 4.78 is 16.6. The van der Waals surface area contributed by atoms with E-state index in [1.165, 1.54) is 11.1 Å². The molecule has 25 heavy (non-hydrogen) atoms. The average Bonchev–Trinajstić information content (AvgIpc) is 3.18. The molecule has 0 radical (unpaired) electrons. The van der Waals surface area contributed by atoms with Crippen molar-refractivity contribution >= 4 is 5.91 Å². The number of nitrogens with two attached hydrogens (primary N) is 1. The van der Waals surface area contributed by atoms with Gasteiger partial charge in [0.15, 0.2) is 0 Å². The lowest BCUT2D eigenvalue weighted by atomic mass is 9.93. The highest BCUT2D eigenvalue weighted by Gasteiger charge is 2.28. The number of carbonyl (C=O) groups is 1. The molecule has 1 aliphatic rings. The summed E-state index contributed by atoms with van der Waals surface area (Å²) in [5.41, 5.74) is 8.95. The van der Waals surface area contributed by atoms with Crippen LogP contribution in [0.15, 0.2) is 36.8 Å². The van der Waals surface area contributed by atoms with Crippen LogP contribution in [0, 0.1) is 5.92 Å². The molecular weight excluding hydrogens is 317 g/mol. The predicted octanol–water partition coefficient (Wildman–Crippen LogP) is 4.25. The third-order valence-electron chi connectivity index (χ3n) is 5.22. The van der Waals surface area contributed by atoms with Crippen LogP contribution in [0.1, 0.15) is 57.1 Å². The van der Waals surface area contributed by atoms with Crippen LogP contribution in [0.4, 0.5) is 4.39 Å². The number of primary amides is 1. The smallest absolute Gasteiger partial charge is 0.220 e. The molecular formula is C20H26FN3O. The zero-order valence-corrected chi connectivity index (χ0v) is 14.7. The predicted molar refractivity (Wildman–Crippen MR) is 96.8 cm³/mol. The van der Waals surface area contributed by atoms with Gasteiger partial charge in [-0.05, 0) is 37.7 Å². The highest BCUT2D eigenvalue weighted by Crippen LogP contribution is 2.41. The second kappa shape index (κ2) is 7.81. The number of carbonyl (C=O) groups excluding carboxylic acids is 1. The maximum atomic E-state index is 14.4. The summed E-state index contributed by atoms with van der Waals surface area (Å²) in [5, 5.41) is 0. The third kappa shape index (κ3) is 3.75. The molecule has 2 aromatic rings. The fraction of sp³-hybridized carbons (Fsp3) is 0.500. The molecule has 3 unspecified atom stereocenters. The van der Waals surface area contributed by atoms with E-state index in [0.717, 1.165) is 25.0 Å². The van der Waals surface area contributed by atoms with E-state index < -0.39 is 6.17 Å². The molecule has 1 aromatic carbocycles. The molecule has 0 spiro atoms. The largest absolute Gasteiger partial charge is 0.369 e. The molecule has 0 saturated carbocycles. The molecule has 2 heterocycles. The van der Waals surface area contributed by atoms with Gasteiger partial charge in [-0.3, -0.25) is 4.79 Å². The molecule has 0 fully saturated rings. The van der Waals surface area contributed by atoms with Crippen LogP contribution in [0.5, 0.6) is 0 Å². The molecule has 0 bridgehead atoms. The Morgan fingerprint density at radius 3 is 2.84 bits per heavy atom. The first-order valence-electron chi connectivity index (χ1n) is 9.16. The van der Waals surface area contributed by atoms with Crippen molar-refractivity contribution in [2.24, 2.45) is 11.7 Å². The summed E-state index contributed by atoms with van der Waals surface area (Å²) in [5.74, 6) is -0.502. The summed E-state index contributed by atoms with van der Waals surface area (Å²) >= 11 is 0. The summed E-state index contributed by atoms with van der Waals surface area (Å²) in [7, 11) is 0. The van der Waals surface area contributed by atoms with Gasteiger partial charge in [-0.15, -0.1) is 0 Å². The van der Waals surface area contributed by atoms with E-state index in [1.807, 2.05) is 31.6 Å². The lowest BCUT2D eigenvalue weighted by Gasteiger charge is -2.18. The zero-order chi connectivity index (χ0) is 17.8. The number of imidazole rings is 1. The van der Waals surface area contributed by atoms with Gasteiger partial charge in [-0.25, -0.2) is 9.37 Å². The van der Waals surface area contributed by atoms with Crippen LogP contribution in [0.2, 0.25) is 0 Å². The number of nitrogens with zero attached hydrogens (tertiary/aromatic N) is 2. The van der Waals surface area contributed by atoms with Crippen molar-refractivity contribution in [1.82, 2.24) is 9.55 Å². The van der Waals surface area contributed by atoms with Crippen LogP contribution in [0.25, 0.3) is 11.3 Å². The maximum absolute atomic E-state index is 14.4. The highest BCUT2D eigenvalue weighted by atomic mass is 19.1. The molecule has 4 nitrogen and oxygen atoms in total. The fourth-order valence-corrected chi connectivity index (χ4v) is 3.87. The van der Waals surface area contributed by atoms with Gasteiger partial charge in [-0.2, -0.15) is 0 Å². The van der Waals surface area contributed by atoms with Crippen molar-refractivity contribution in [3.05, 3.63) is 42.4 Å². The third-order valence-corrected chi connectivity index (χ3v) is 5.22. The summed E-state index contributed by atoms with van der Waals surface area (Å²) in [6, 6.07) is 8.41. The summed E-state index contributed by atoms with van der Waals surface area (Å²) in [6.07, 6.45) is 6.60. The van der Waals surface area contributed by atoms with Gasteiger partial charge in [0, 0.05) is 11.5 Å². The SMILES string of the molecule is CCCC(CCC(F)CCC1c2ccccc2-c2cncn21)C(N)=O. The average molecular weight is 343 g/mol. The highest BCUT2D eigenvalue weighted by molar-refractivity contribution is 5.76. The molecule has 1 aliphatic heterocycles. The van der Waals surface area contributed by atoms with Crippen molar-refractivity contribution in [1.29, 1.82) is 0 Å². The van der Waals surface area contributed by atoms with Crippen LogP contribution in [0.3, 0.4) is 0 Å². The molecule has 0 aliphatic carbocycles. The van der Waals surface area contributed by atoms with E-state index in [2.05, 4.69) is 21.7 Å². The van der Waals surface area contributed by atoms with Crippen molar-refractivity contribution < 1.29 is 9.18 Å². The van der Waals surface area contributed by atoms with E-state index in [0.29, 0.717) is 19.3 Å². The van der Waals surface area contributed by atoms with Gasteiger partial charge in [0.05, 0.1) is 24.3 Å². The van der Waals surface area contributed by atoms with Gasteiger partial charge in [0.2, 0.25) is 5.91 Å². The summed E-state index contributed by atoms with van der Waals surface area (Å²) in [4.78, 5) is 15.6. The number of amides is 1. The fourth-order valence-electron chi connectivity index (χ4n) is 3.87. The van der Waals surface area contributed by atoms with Crippen LogP contribution in [-0.2, 0) is 4.79 Å². The lowest BCUT2D eigenvalue weighted by molar-refractivity contribution is -0.122. The number of halogens is 1. The van der Waals surface area contributed by atoms with E-state index in [9.17, 15) is 9.18 Å². The Hall–Kier alpha value is -2.17. The standard InChI is InChI=1S/C20H26FN3O/c1-2-5-14(20(22)25)8-9-15(21)10-11-18-16-6-3-4-7-17(16)19-12-23-13-24(18)19/h3-4,6-7,12-15,18H,2,5,8-11H2,1H3,(H2,22,25). The van der Waals surface area contributed by atoms with E-state index in [-0.39, 0.29) is 17.9 Å². The Morgan fingerprint density at radius 2 is 2.08 bits per heavy atom. The first-order valence-corrected chi connectivity index (χ1v) is 9.16. The first kappa shape index (κ1) is 17.6. The van der Waals surface area contributed by atoms with Crippen molar-refractivity contribution in [3.8, 4) is 11.3 Å². The summed E-state index contributed by atoms with van der Waals surface area (Å²) in [6.45, 7) is 2.02. The number of rotatable bonds is 9. The van der Waals surface area contributed by atoms with Gasteiger partial charge in [0.1, 0.15) is 6.17 Å². The Kier molecular flexibility index (Phi) is 5.51. The molecule has 5 heteroatoms. The monoisotopic (exact) mass is 343 g/mol. The van der Waals surface area contributed by atoms with E-state index >= 15 is 0 Å². The zero-order valence-electron chi connectivity index (χ0n) is 14.7. The van der Waals surface area contributed by atoms with Crippen molar-refractivity contribution in [2.75, 3.05) is 0 Å². The second-order valence-electron chi connectivity index (χ2n) is 6.93. The Labute approximate surface area is 148 Å². The van der Waals surface area contributed by atoms with Crippen LogP contribution < -0.4 is 5.73 Å². The van der Waals surface area contributed by atoms with Gasteiger partial charge < -0.3 is 10.3 Å². The van der Waals surface area contributed by atoms with Gasteiger partial charge in [0.25, 0.3) is 0 Å². The molecule has 3 atom stereocenters. The molecule has 1 amide bonds. The van der Waals surface area contributed by atoms with Crippen LogP contribution in [-0.4, -0.2) is 21.6 Å². The van der Waals surface area contributed by atoms with Gasteiger partial charge >= 0.3 is 0 Å². The molecule has 2 N–H and O–H groups in total. The van der Waals surface area contributed by atoms with Gasteiger partial charge in [-0.1, -0.05) is 37.6 Å². The van der Waals surface area contributed by atoms with E-state index in [1.54, 1.807) is 0 Å². The van der Waals surface area contributed by atoms with Crippen molar-refractivity contribution in [3.63, 3.8) is 0 Å². The molecule has 1 aromatic heterocycles. The van der Waals surface area contributed by atoms with E-state index in [4.69, 9.17) is 5.73 Å². The Morgan fingerprint density at radius 1 is 1.28 bits per heavy atom. The number of benzene rings is 1. The Bertz CT molecular complexity index is 727. The molecule has 134 valence electrons. The first-order chi connectivity index (χ1) is 12.1. The minimum absolute atomic E-state index is 0.148. The topological polar surface area (TPSA) is 60.9 Å².